The summed E-state index contributed by atoms with van der Waals surface area (Å²) in [5.41, 5.74) is 1.05. The van der Waals surface area contributed by atoms with Crippen LogP contribution in [-0.4, -0.2) is 37.2 Å². The maximum absolute atomic E-state index is 12.2. The third kappa shape index (κ3) is 4.95. The molecule has 1 heterocycles. The molecule has 2 aromatic carbocycles. The van der Waals surface area contributed by atoms with Gasteiger partial charge in [-0.2, -0.15) is 0 Å². The average Bonchev–Trinajstić information content (AvgIpc) is 2.70. The smallest absolute Gasteiger partial charge is 0.310 e. The number of aliphatic carboxylic acids is 1. The van der Waals surface area contributed by atoms with Crippen molar-refractivity contribution in [3.8, 4) is 0 Å². The molecule has 1 saturated heterocycles. The number of carbonyl (C=O) groups is 1. The van der Waals surface area contributed by atoms with Gasteiger partial charge in [-0.3, -0.25) is 4.79 Å². The topological polar surface area (TPSA) is 65.0 Å². The Balaban J connectivity index is 1.70. The van der Waals surface area contributed by atoms with Crippen molar-refractivity contribution in [3.05, 3.63) is 71.8 Å². The summed E-state index contributed by atoms with van der Waals surface area (Å²) in [6, 6.07) is 19.6. The molecule has 27 heavy (non-hydrogen) atoms. The second kappa shape index (κ2) is 9.13. The number of carboxylic acids is 1. The van der Waals surface area contributed by atoms with Crippen LogP contribution >= 0.6 is 0 Å². The van der Waals surface area contributed by atoms with Crippen LogP contribution in [0.2, 0.25) is 0 Å². The van der Waals surface area contributed by atoms with Crippen LogP contribution in [0.4, 0.5) is 0 Å². The molecule has 0 aliphatic carbocycles. The van der Waals surface area contributed by atoms with Gasteiger partial charge in [-0.25, -0.2) is 0 Å². The van der Waals surface area contributed by atoms with Gasteiger partial charge in [-0.1, -0.05) is 60.7 Å². The summed E-state index contributed by atoms with van der Waals surface area (Å²) >= 11 is 0. The summed E-state index contributed by atoms with van der Waals surface area (Å²) in [4.78, 5) is 12.2. The van der Waals surface area contributed by atoms with E-state index in [1.54, 1.807) is 6.92 Å². The van der Waals surface area contributed by atoms with Crippen LogP contribution in [0.3, 0.4) is 0 Å². The fraction of sp³-hybridized carbons (Fsp3) is 0.409. The summed E-state index contributed by atoms with van der Waals surface area (Å²) in [6.45, 7) is 3.08. The van der Waals surface area contributed by atoms with Crippen molar-refractivity contribution in [1.82, 2.24) is 0 Å². The summed E-state index contributed by atoms with van der Waals surface area (Å²) in [6.07, 6.45) is 0.0858. The summed E-state index contributed by atoms with van der Waals surface area (Å²) in [5, 5.41) is 10.0. The van der Waals surface area contributed by atoms with Gasteiger partial charge in [0.1, 0.15) is 6.79 Å². The van der Waals surface area contributed by atoms with E-state index in [1.807, 2.05) is 60.7 Å². The van der Waals surface area contributed by atoms with E-state index in [1.165, 1.54) is 0 Å². The van der Waals surface area contributed by atoms with Crippen molar-refractivity contribution in [1.29, 1.82) is 0 Å². The fourth-order valence-electron chi connectivity index (χ4n) is 3.54. The van der Waals surface area contributed by atoms with Crippen LogP contribution in [0.15, 0.2) is 60.7 Å². The van der Waals surface area contributed by atoms with E-state index in [0.717, 1.165) is 11.1 Å². The lowest BCUT2D eigenvalue weighted by molar-refractivity contribution is -0.215. The number of benzene rings is 2. The summed E-state index contributed by atoms with van der Waals surface area (Å²) < 4.78 is 17.1. The Morgan fingerprint density at radius 1 is 1.11 bits per heavy atom. The van der Waals surface area contributed by atoms with Crippen LogP contribution in [-0.2, 0) is 32.0 Å². The monoisotopic (exact) mass is 370 g/mol. The summed E-state index contributed by atoms with van der Waals surface area (Å²) in [5.74, 6) is -1.15. The average molecular weight is 370 g/mol. The molecular weight excluding hydrogens is 344 g/mol. The highest BCUT2D eigenvalue weighted by Gasteiger charge is 2.47. The molecule has 2 aromatic rings. The largest absolute Gasteiger partial charge is 0.481 e. The molecule has 1 aliphatic heterocycles. The molecule has 5 nitrogen and oxygen atoms in total. The standard InChI is InChI=1S/C22H26O5/c1-22(21(23)24,12-17-8-4-2-5-9-17)19-14-26-16-27-20(19)15-25-13-18-10-6-3-7-11-18/h2-11,19-20H,12-16H2,1H3,(H,23,24). The first-order valence-electron chi connectivity index (χ1n) is 9.18. The Bertz CT molecular complexity index is 718. The highest BCUT2D eigenvalue weighted by Crippen LogP contribution is 2.37. The molecule has 1 aliphatic rings. The fourth-order valence-corrected chi connectivity index (χ4v) is 3.54. The molecule has 1 fully saturated rings. The lowest BCUT2D eigenvalue weighted by Crippen LogP contribution is -2.51. The van der Waals surface area contributed by atoms with Crippen LogP contribution < -0.4 is 0 Å². The van der Waals surface area contributed by atoms with E-state index >= 15 is 0 Å². The van der Waals surface area contributed by atoms with Gasteiger partial charge in [0.25, 0.3) is 0 Å². The van der Waals surface area contributed by atoms with Crippen molar-refractivity contribution in [3.63, 3.8) is 0 Å². The number of hydrogen-bond acceptors (Lipinski definition) is 4. The minimum atomic E-state index is -1.01. The van der Waals surface area contributed by atoms with Crippen LogP contribution in [0.25, 0.3) is 0 Å². The van der Waals surface area contributed by atoms with Crippen molar-refractivity contribution in [2.24, 2.45) is 11.3 Å². The van der Waals surface area contributed by atoms with Gasteiger partial charge in [-0.15, -0.1) is 0 Å². The van der Waals surface area contributed by atoms with Crippen LogP contribution in [0, 0.1) is 11.3 Å². The van der Waals surface area contributed by atoms with Gasteiger partial charge >= 0.3 is 5.97 Å². The van der Waals surface area contributed by atoms with Gasteiger partial charge in [0, 0.05) is 5.92 Å². The minimum absolute atomic E-state index is 0.164. The lowest BCUT2D eigenvalue weighted by Gasteiger charge is -2.41. The normalized spacial score (nSPS) is 22.1. The molecule has 3 rings (SSSR count). The van der Waals surface area contributed by atoms with E-state index in [0.29, 0.717) is 26.2 Å². The van der Waals surface area contributed by atoms with E-state index in [2.05, 4.69) is 0 Å². The van der Waals surface area contributed by atoms with E-state index in [-0.39, 0.29) is 18.8 Å². The quantitative estimate of drug-likeness (QED) is 0.770. The Hall–Kier alpha value is -2.21. The lowest BCUT2D eigenvalue weighted by atomic mass is 9.70. The molecule has 0 bridgehead atoms. The molecule has 0 amide bonds. The molecule has 0 saturated carbocycles. The predicted molar refractivity (Wildman–Crippen MR) is 101 cm³/mol. The first kappa shape index (κ1) is 19.5. The first-order chi connectivity index (χ1) is 13.1. The number of ether oxygens (including phenoxy) is 3. The van der Waals surface area contributed by atoms with Gasteiger partial charge in [0.15, 0.2) is 0 Å². The third-order valence-corrected chi connectivity index (χ3v) is 5.23. The SMILES string of the molecule is CC(Cc1ccccc1)(C(=O)O)C1COCOC1COCc1ccccc1. The number of rotatable bonds is 8. The van der Waals surface area contributed by atoms with Crippen molar-refractivity contribution < 1.29 is 24.1 Å². The van der Waals surface area contributed by atoms with Gasteiger partial charge in [0.05, 0.1) is 31.3 Å². The van der Waals surface area contributed by atoms with E-state index in [9.17, 15) is 9.90 Å². The molecule has 0 radical (unpaired) electrons. The van der Waals surface area contributed by atoms with E-state index < -0.39 is 11.4 Å². The van der Waals surface area contributed by atoms with Gasteiger partial charge in [0.2, 0.25) is 0 Å². The van der Waals surface area contributed by atoms with Crippen LogP contribution in [0.5, 0.6) is 0 Å². The molecule has 3 atom stereocenters. The number of carboxylic acid groups (broad SMARTS) is 1. The second-order valence-electron chi connectivity index (χ2n) is 7.19. The Morgan fingerprint density at radius 2 is 1.74 bits per heavy atom. The highest BCUT2D eigenvalue weighted by molar-refractivity contribution is 5.75. The third-order valence-electron chi connectivity index (χ3n) is 5.23. The molecular formula is C22H26O5. The van der Waals surface area contributed by atoms with Gasteiger partial charge < -0.3 is 19.3 Å². The zero-order chi connectivity index (χ0) is 19.1. The maximum Gasteiger partial charge on any atom is 0.310 e. The molecule has 0 spiro atoms. The molecule has 1 N–H and O–H groups in total. The Labute approximate surface area is 159 Å². The van der Waals surface area contributed by atoms with E-state index in [4.69, 9.17) is 14.2 Å². The molecule has 0 aromatic heterocycles. The van der Waals surface area contributed by atoms with Gasteiger partial charge in [-0.05, 0) is 24.5 Å². The van der Waals surface area contributed by atoms with Crippen LogP contribution in [0.1, 0.15) is 18.1 Å². The Morgan fingerprint density at radius 3 is 2.37 bits per heavy atom. The molecule has 144 valence electrons. The predicted octanol–water partition coefficient (Wildman–Crippen LogP) is 3.53. The van der Waals surface area contributed by atoms with Crippen molar-refractivity contribution in [2.75, 3.05) is 20.0 Å². The number of hydrogen-bond donors (Lipinski definition) is 1. The van der Waals surface area contributed by atoms with Crippen molar-refractivity contribution >= 4 is 5.97 Å². The van der Waals surface area contributed by atoms with Crippen molar-refractivity contribution in [2.45, 2.75) is 26.1 Å². The minimum Gasteiger partial charge on any atom is -0.481 e. The Kier molecular flexibility index (Phi) is 6.61. The molecule has 3 unspecified atom stereocenters. The molecule has 5 heteroatoms. The highest BCUT2D eigenvalue weighted by atomic mass is 16.7. The summed E-state index contributed by atoms with van der Waals surface area (Å²) in [7, 11) is 0. The first-order valence-corrected chi connectivity index (χ1v) is 9.18. The maximum atomic E-state index is 12.2. The second-order valence-corrected chi connectivity index (χ2v) is 7.19. The zero-order valence-electron chi connectivity index (χ0n) is 15.5. The zero-order valence-corrected chi connectivity index (χ0v) is 15.5.